The first kappa shape index (κ1) is 43.2. The van der Waals surface area contributed by atoms with Crippen molar-refractivity contribution in [2.24, 2.45) is 0 Å². The smallest absolute Gasteiger partial charge is 0.252 e. The molecule has 354 valence electrons. The molecule has 0 unspecified atom stereocenters. The van der Waals surface area contributed by atoms with Crippen LogP contribution in [0.2, 0.25) is 0 Å². The Kier molecular flexibility index (Phi) is 9.23. The molecule has 0 saturated carbocycles. The fraction of sp³-hybridized carbons (Fsp3) is 0.229. The Labute approximate surface area is 430 Å². The van der Waals surface area contributed by atoms with Gasteiger partial charge in [-0.3, -0.25) is 0 Å². The monoisotopic (exact) mass is 940 g/mol. The van der Waals surface area contributed by atoms with Crippen molar-refractivity contribution in [2.75, 3.05) is 9.80 Å². The molecule has 0 saturated heterocycles. The Balaban J connectivity index is 1.09. The average Bonchev–Trinajstić information content (AvgIpc) is 3.42. The molecule has 0 fully saturated rings. The summed E-state index contributed by atoms with van der Waals surface area (Å²) in [5.74, 6) is 0. The maximum absolute atomic E-state index is 2.75. The second kappa shape index (κ2) is 15.6. The molecule has 0 aromatic heterocycles. The molecule has 2 aliphatic carbocycles. The molecule has 3 heteroatoms. The quantitative estimate of drug-likeness (QED) is 0.126. The predicted molar refractivity (Wildman–Crippen MR) is 316 cm³/mol. The minimum Gasteiger partial charge on any atom is -0.311 e. The van der Waals surface area contributed by atoms with Gasteiger partial charge in [-0.2, -0.15) is 0 Å². The lowest BCUT2D eigenvalue weighted by molar-refractivity contribution is 0.569. The fourth-order valence-electron chi connectivity index (χ4n) is 14.9. The van der Waals surface area contributed by atoms with Gasteiger partial charge in [-0.05, 0) is 213 Å². The van der Waals surface area contributed by atoms with Gasteiger partial charge in [0, 0.05) is 34.1 Å². The Morgan fingerprint density at radius 1 is 0.342 bits per heavy atom. The molecule has 11 aromatic rings. The van der Waals surface area contributed by atoms with Crippen LogP contribution >= 0.6 is 0 Å². The highest BCUT2D eigenvalue weighted by atomic mass is 15.2. The van der Waals surface area contributed by atoms with Gasteiger partial charge in [-0.1, -0.05) is 169 Å². The average molecular weight is 941 g/mol. The summed E-state index contributed by atoms with van der Waals surface area (Å²) in [6.07, 6.45) is 9.51. The number of anilines is 6. The SMILES string of the molecule is CC(C)(C)c1c2c(cc3c1N(c1ccc4c5ccccc5c5ccccc5c4c1)c1cccc4c1B3c1cc3c(c(C(C)(C)C)c1N4c1ccc4c5ccccc5c5ccccc5c4c1)CCCC3)CCCC2. The highest BCUT2D eigenvalue weighted by Gasteiger charge is 2.48. The summed E-state index contributed by atoms with van der Waals surface area (Å²) >= 11 is 0. The summed E-state index contributed by atoms with van der Waals surface area (Å²) in [5.41, 5.74) is 21.4. The van der Waals surface area contributed by atoms with Gasteiger partial charge in [0.1, 0.15) is 0 Å². The van der Waals surface area contributed by atoms with E-state index in [1.165, 1.54) is 152 Å². The normalized spacial score (nSPS) is 15.3. The third-order valence-corrected chi connectivity index (χ3v) is 17.7. The highest BCUT2D eigenvalue weighted by molar-refractivity contribution is 7.00. The van der Waals surface area contributed by atoms with Gasteiger partial charge in [-0.25, -0.2) is 0 Å². The maximum Gasteiger partial charge on any atom is 0.252 e. The lowest BCUT2D eigenvalue weighted by atomic mass is 9.32. The Morgan fingerprint density at radius 2 is 0.671 bits per heavy atom. The summed E-state index contributed by atoms with van der Waals surface area (Å²) in [5, 5.41) is 15.7. The number of benzene rings is 11. The van der Waals surface area contributed by atoms with Crippen molar-refractivity contribution in [2.45, 2.75) is 104 Å². The van der Waals surface area contributed by atoms with Crippen LogP contribution in [-0.2, 0) is 36.5 Å². The van der Waals surface area contributed by atoms with E-state index in [0.29, 0.717) is 0 Å². The first-order valence-electron chi connectivity index (χ1n) is 27.3. The molecule has 0 amide bonds. The number of aryl methyl sites for hydroxylation is 2. The molecular weight excluding hydrogens is 880 g/mol. The molecule has 0 bridgehead atoms. The van der Waals surface area contributed by atoms with Crippen LogP contribution in [0.1, 0.15) is 101 Å². The molecule has 4 aliphatic rings. The Morgan fingerprint density at radius 3 is 1.03 bits per heavy atom. The van der Waals surface area contributed by atoms with E-state index >= 15 is 0 Å². The van der Waals surface area contributed by atoms with E-state index in [4.69, 9.17) is 0 Å². The van der Waals surface area contributed by atoms with Crippen LogP contribution in [0.15, 0.2) is 164 Å². The summed E-state index contributed by atoms with van der Waals surface area (Å²) in [7, 11) is 0. The molecule has 2 aliphatic heterocycles. The second-order valence-electron chi connectivity index (χ2n) is 24.0. The van der Waals surface area contributed by atoms with Crippen LogP contribution in [0, 0.1) is 0 Å². The van der Waals surface area contributed by atoms with E-state index in [2.05, 4.69) is 215 Å². The van der Waals surface area contributed by atoms with Gasteiger partial charge in [0.05, 0.1) is 0 Å². The number of rotatable bonds is 2. The van der Waals surface area contributed by atoms with E-state index in [1.54, 1.807) is 22.3 Å². The molecule has 0 spiro atoms. The van der Waals surface area contributed by atoms with Crippen molar-refractivity contribution in [3.8, 4) is 0 Å². The van der Waals surface area contributed by atoms with Crippen molar-refractivity contribution >= 4 is 122 Å². The molecule has 0 N–H and O–H groups in total. The molecule has 0 atom stereocenters. The van der Waals surface area contributed by atoms with Crippen LogP contribution in [0.25, 0.3) is 64.6 Å². The van der Waals surface area contributed by atoms with Crippen LogP contribution in [-0.4, -0.2) is 6.71 Å². The van der Waals surface area contributed by atoms with Gasteiger partial charge >= 0.3 is 0 Å². The van der Waals surface area contributed by atoms with E-state index < -0.39 is 0 Å². The molecule has 15 rings (SSSR count). The first-order valence-corrected chi connectivity index (χ1v) is 27.3. The van der Waals surface area contributed by atoms with Crippen LogP contribution < -0.4 is 26.2 Å². The van der Waals surface area contributed by atoms with Crippen molar-refractivity contribution in [3.63, 3.8) is 0 Å². The first-order chi connectivity index (χ1) is 35.5. The van der Waals surface area contributed by atoms with E-state index in [9.17, 15) is 0 Å². The molecular formula is C70H61BN2. The summed E-state index contributed by atoms with van der Waals surface area (Å²) in [4.78, 5) is 5.49. The number of nitrogens with zero attached hydrogens (tertiary/aromatic N) is 2. The van der Waals surface area contributed by atoms with Crippen molar-refractivity contribution < 1.29 is 0 Å². The summed E-state index contributed by atoms with van der Waals surface area (Å²) in [6.45, 7) is 15.0. The molecule has 11 aromatic carbocycles. The van der Waals surface area contributed by atoms with Gasteiger partial charge in [-0.15, -0.1) is 0 Å². The highest BCUT2D eigenvalue weighted by Crippen LogP contribution is 2.53. The number of hydrogen-bond donors (Lipinski definition) is 0. The van der Waals surface area contributed by atoms with Crippen molar-refractivity contribution in [3.05, 3.63) is 197 Å². The molecule has 0 radical (unpaired) electrons. The zero-order valence-corrected chi connectivity index (χ0v) is 43.2. The van der Waals surface area contributed by atoms with E-state index in [-0.39, 0.29) is 17.5 Å². The topological polar surface area (TPSA) is 6.48 Å². The van der Waals surface area contributed by atoms with Crippen LogP contribution in [0.4, 0.5) is 34.1 Å². The van der Waals surface area contributed by atoms with Crippen molar-refractivity contribution in [1.29, 1.82) is 0 Å². The number of fused-ring (bicyclic) bond motifs is 18. The largest absolute Gasteiger partial charge is 0.311 e. The van der Waals surface area contributed by atoms with E-state index in [1.807, 2.05) is 0 Å². The Bertz CT molecular complexity index is 3860. The van der Waals surface area contributed by atoms with Gasteiger partial charge in [0.25, 0.3) is 6.71 Å². The van der Waals surface area contributed by atoms with Gasteiger partial charge in [0.15, 0.2) is 0 Å². The second-order valence-corrected chi connectivity index (χ2v) is 24.0. The summed E-state index contributed by atoms with van der Waals surface area (Å²) in [6, 6.07) is 63.8. The maximum atomic E-state index is 2.75. The standard InChI is InChI=1S/C70H61BN2/c1-69(2,3)64-46-22-9-7-20-42(46)38-60-67(64)72(44-34-36-56-52-28-13-11-24-48(52)50-26-15-17-30-54(50)58(56)40-44)62-32-19-33-63-66(62)71(60)61-39-43-21-8-10-23-47(43)65(70(4,5)6)68(61)73(63)45-35-37-57-53-29-14-12-25-49(53)51-27-16-18-31-55(51)59(57)41-45/h11-19,24-41H,7-10,20-23H2,1-6H3. The minimum atomic E-state index is -0.103. The lowest BCUT2D eigenvalue weighted by Crippen LogP contribution is -2.62. The predicted octanol–water partition coefficient (Wildman–Crippen LogP) is 17.0. The molecule has 2 nitrogen and oxygen atoms in total. The third kappa shape index (κ3) is 6.18. The molecule has 73 heavy (non-hydrogen) atoms. The minimum absolute atomic E-state index is 0.0563. The number of hydrogen-bond acceptors (Lipinski definition) is 2. The molecule has 2 heterocycles. The fourth-order valence-corrected chi connectivity index (χ4v) is 14.9. The van der Waals surface area contributed by atoms with E-state index in [0.717, 1.165) is 25.7 Å². The lowest BCUT2D eigenvalue weighted by Gasteiger charge is -2.48. The van der Waals surface area contributed by atoms with Crippen molar-refractivity contribution in [1.82, 2.24) is 0 Å². The zero-order chi connectivity index (χ0) is 49.1. The van der Waals surface area contributed by atoms with Gasteiger partial charge < -0.3 is 9.80 Å². The third-order valence-electron chi connectivity index (χ3n) is 17.7. The Hall–Kier alpha value is -7.36. The van der Waals surface area contributed by atoms with Crippen LogP contribution in [0.5, 0.6) is 0 Å². The zero-order valence-electron chi connectivity index (χ0n) is 43.2. The van der Waals surface area contributed by atoms with Crippen LogP contribution in [0.3, 0.4) is 0 Å². The van der Waals surface area contributed by atoms with Gasteiger partial charge in [0.2, 0.25) is 0 Å². The summed E-state index contributed by atoms with van der Waals surface area (Å²) < 4.78 is 0.